The van der Waals surface area contributed by atoms with Crippen molar-refractivity contribution in [2.24, 2.45) is 5.92 Å². The van der Waals surface area contributed by atoms with Gasteiger partial charge in [0.25, 0.3) is 0 Å². The van der Waals surface area contributed by atoms with Gasteiger partial charge in [-0.15, -0.1) is 0 Å². The zero-order valence-electron chi connectivity index (χ0n) is 21.4. The molecule has 36 heavy (non-hydrogen) atoms. The summed E-state index contributed by atoms with van der Waals surface area (Å²) < 4.78 is 26.3. The highest BCUT2D eigenvalue weighted by atomic mass is 35.5. The number of aryl methyl sites for hydroxylation is 1. The number of benzene rings is 2. The molecule has 2 aromatic rings. The first-order valence-corrected chi connectivity index (χ1v) is 14.5. The fourth-order valence-electron chi connectivity index (χ4n) is 3.68. The Morgan fingerprint density at radius 3 is 2.33 bits per heavy atom. The number of carbonyl (C=O) groups is 2. The van der Waals surface area contributed by atoms with Crippen LogP contribution in [0, 0.1) is 12.8 Å². The topological polar surface area (TPSA) is 86.8 Å². The average Bonchev–Trinajstić information content (AvgIpc) is 2.80. The van der Waals surface area contributed by atoms with Crippen molar-refractivity contribution in [2.75, 3.05) is 23.7 Å². The van der Waals surface area contributed by atoms with E-state index in [0.717, 1.165) is 17.4 Å². The van der Waals surface area contributed by atoms with E-state index < -0.39 is 16.1 Å². The van der Waals surface area contributed by atoms with Crippen LogP contribution in [0.5, 0.6) is 0 Å². The molecule has 0 spiro atoms. The highest BCUT2D eigenvalue weighted by molar-refractivity contribution is 7.92. The Morgan fingerprint density at radius 2 is 1.72 bits per heavy atom. The highest BCUT2D eigenvalue weighted by Crippen LogP contribution is 2.27. The van der Waals surface area contributed by atoms with Gasteiger partial charge < -0.3 is 10.2 Å². The Morgan fingerprint density at radius 1 is 1.06 bits per heavy atom. The molecule has 0 heterocycles. The molecule has 2 aromatic carbocycles. The van der Waals surface area contributed by atoms with Crippen LogP contribution in [0.1, 0.15) is 44.7 Å². The molecular weight excluding hydrogens is 521 g/mol. The summed E-state index contributed by atoms with van der Waals surface area (Å²) >= 11 is 12.4. The third kappa shape index (κ3) is 8.68. The summed E-state index contributed by atoms with van der Waals surface area (Å²) in [5.74, 6) is -0.249. The number of hydrogen-bond donors (Lipinski definition) is 1. The minimum atomic E-state index is -3.61. The third-order valence-electron chi connectivity index (χ3n) is 5.74. The van der Waals surface area contributed by atoms with E-state index >= 15 is 0 Å². The molecule has 0 radical (unpaired) electrons. The second-order valence-electron chi connectivity index (χ2n) is 9.30. The Kier molecular flexibility index (Phi) is 11.1. The Balaban J connectivity index is 2.21. The molecule has 198 valence electrons. The largest absolute Gasteiger partial charge is 0.354 e. The molecular formula is C26H35Cl2N3O4S. The predicted molar refractivity (Wildman–Crippen MR) is 147 cm³/mol. The van der Waals surface area contributed by atoms with E-state index in [9.17, 15) is 18.0 Å². The first-order valence-electron chi connectivity index (χ1n) is 11.9. The van der Waals surface area contributed by atoms with Crippen LogP contribution in [0.3, 0.4) is 0 Å². The van der Waals surface area contributed by atoms with Crippen molar-refractivity contribution in [3.8, 4) is 0 Å². The molecule has 0 saturated carbocycles. The molecule has 0 aromatic heterocycles. The van der Waals surface area contributed by atoms with Crippen LogP contribution < -0.4 is 9.62 Å². The second kappa shape index (κ2) is 13.3. The zero-order chi connectivity index (χ0) is 27.0. The number of halogens is 2. The molecule has 7 nitrogen and oxygen atoms in total. The Hall–Kier alpha value is -2.29. The zero-order valence-corrected chi connectivity index (χ0v) is 23.8. The van der Waals surface area contributed by atoms with E-state index in [4.69, 9.17) is 23.2 Å². The van der Waals surface area contributed by atoms with Gasteiger partial charge in [0.05, 0.1) is 11.9 Å². The summed E-state index contributed by atoms with van der Waals surface area (Å²) in [6.07, 6.45) is 1.44. The van der Waals surface area contributed by atoms with E-state index in [2.05, 4.69) is 5.32 Å². The second-order valence-corrected chi connectivity index (χ2v) is 12.0. The van der Waals surface area contributed by atoms with Crippen LogP contribution in [0.25, 0.3) is 0 Å². The molecule has 1 N–H and O–H groups in total. The minimum absolute atomic E-state index is 0.0535. The number of carbonyl (C=O) groups excluding carboxylic acids is 2. The fraction of sp³-hybridized carbons (Fsp3) is 0.462. The van der Waals surface area contributed by atoms with Crippen LogP contribution in [0.15, 0.2) is 42.5 Å². The molecule has 0 saturated heterocycles. The molecule has 1 atom stereocenters. The smallest absolute Gasteiger partial charge is 0.242 e. The maximum absolute atomic E-state index is 13.3. The lowest BCUT2D eigenvalue weighted by Crippen LogP contribution is -2.48. The number of amides is 2. The lowest BCUT2D eigenvalue weighted by molar-refractivity contribution is -0.140. The first kappa shape index (κ1) is 29.9. The van der Waals surface area contributed by atoms with Gasteiger partial charge in [0, 0.05) is 36.1 Å². The molecule has 0 aliphatic heterocycles. The molecule has 0 fully saturated rings. The predicted octanol–water partition coefficient (Wildman–Crippen LogP) is 5.04. The molecule has 2 amide bonds. The lowest BCUT2D eigenvalue weighted by atomic mass is 10.1. The molecule has 0 unspecified atom stereocenters. The Bertz CT molecular complexity index is 1170. The van der Waals surface area contributed by atoms with E-state index in [1.54, 1.807) is 44.2 Å². The van der Waals surface area contributed by atoms with E-state index in [1.165, 1.54) is 9.21 Å². The summed E-state index contributed by atoms with van der Waals surface area (Å²) in [4.78, 5) is 27.6. The molecule has 2 rings (SSSR count). The number of rotatable bonds is 12. The molecule has 0 aliphatic rings. The Labute approximate surface area is 224 Å². The van der Waals surface area contributed by atoms with Crippen molar-refractivity contribution < 1.29 is 18.0 Å². The van der Waals surface area contributed by atoms with Gasteiger partial charge in [-0.25, -0.2) is 8.42 Å². The highest BCUT2D eigenvalue weighted by Gasteiger charge is 2.27. The van der Waals surface area contributed by atoms with Gasteiger partial charge >= 0.3 is 0 Å². The van der Waals surface area contributed by atoms with E-state index in [0.29, 0.717) is 22.3 Å². The monoisotopic (exact) mass is 555 g/mol. The normalized spacial score (nSPS) is 12.3. The van der Waals surface area contributed by atoms with Gasteiger partial charge in [0.2, 0.25) is 21.8 Å². The summed E-state index contributed by atoms with van der Waals surface area (Å²) in [5, 5.41) is 3.81. The number of nitrogens with one attached hydrogen (secondary N) is 1. The van der Waals surface area contributed by atoms with Crippen molar-refractivity contribution >= 4 is 50.7 Å². The first-order chi connectivity index (χ1) is 16.8. The summed E-state index contributed by atoms with van der Waals surface area (Å²) in [6, 6.07) is 11.5. The third-order valence-corrected chi connectivity index (χ3v) is 7.53. The van der Waals surface area contributed by atoms with Crippen molar-refractivity contribution in [3.05, 3.63) is 63.6 Å². The molecule has 0 bridgehead atoms. The van der Waals surface area contributed by atoms with Gasteiger partial charge in [0.15, 0.2) is 0 Å². The SMILES string of the molecule is Cc1ccc(Cl)cc1N(CCCC(=O)N(Cc1ccccc1Cl)[C@@H](C)C(=O)NCC(C)C)S(C)(=O)=O. The van der Waals surface area contributed by atoms with Gasteiger partial charge in [-0.2, -0.15) is 0 Å². The van der Waals surface area contributed by atoms with Gasteiger partial charge in [0.1, 0.15) is 6.04 Å². The number of nitrogens with zero attached hydrogens (tertiary/aromatic N) is 2. The van der Waals surface area contributed by atoms with Gasteiger partial charge in [-0.05, 0) is 55.5 Å². The quantitative estimate of drug-likeness (QED) is 0.397. The number of anilines is 1. The summed E-state index contributed by atoms with van der Waals surface area (Å²) in [6.45, 7) is 8.23. The lowest BCUT2D eigenvalue weighted by Gasteiger charge is -2.30. The van der Waals surface area contributed by atoms with Crippen molar-refractivity contribution in [3.63, 3.8) is 0 Å². The fourth-order valence-corrected chi connectivity index (χ4v) is 5.06. The van der Waals surface area contributed by atoms with Crippen molar-refractivity contribution in [1.82, 2.24) is 10.2 Å². The van der Waals surface area contributed by atoms with Crippen molar-refractivity contribution in [1.29, 1.82) is 0 Å². The van der Waals surface area contributed by atoms with Crippen LogP contribution in [0.2, 0.25) is 10.0 Å². The van der Waals surface area contributed by atoms with Crippen molar-refractivity contribution in [2.45, 2.75) is 53.1 Å². The number of hydrogen-bond acceptors (Lipinski definition) is 4. The maximum Gasteiger partial charge on any atom is 0.242 e. The van der Waals surface area contributed by atoms with E-state index in [1.807, 2.05) is 26.0 Å². The minimum Gasteiger partial charge on any atom is -0.354 e. The van der Waals surface area contributed by atoms with Crippen LogP contribution in [-0.4, -0.2) is 50.5 Å². The molecule has 0 aliphatic carbocycles. The summed E-state index contributed by atoms with van der Waals surface area (Å²) in [5.41, 5.74) is 1.96. The van der Waals surface area contributed by atoms with Crippen LogP contribution >= 0.6 is 23.2 Å². The average molecular weight is 557 g/mol. The standard InChI is InChI=1S/C26H35Cl2N3O4S/c1-18(2)16-29-26(33)20(4)30(17-21-9-6-7-10-23(21)28)25(32)11-8-14-31(36(5,34)35)24-15-22(27)13-12-19(24)3/h6-7,9-10,12-13,15,18,20H,8,11,14,16-17H2,1-5H3,(H,29,33)/t20-/m0/s1. The molecule has 10 heteroatoms. The van der Waals surface area contributed by atoms with Gasteiger partial charge in [-0.1, -0.05) is 61.3 Å². The number of sulfonamides is 1. The van der Waals surface area contributed by atoms with E-state index in [-0.39, 0.29) is 43.7 Å². The van der Waals surface area contributed by atoms with Crippen LogP contribution in [-0.2, 0) is 26.2 Å². The maximum atomic E-state index is 13.3. The van der Waals surface area contributed by atoms with Crippen LogP contribution in [0.4, 0.5) is 5.69 Å². The van der Waals surface area contributed by atoms with Gasteiger partial charge in [-0.3, -0.25) is 13.9 Å². The summed E-state index contributed by atoms with van der Waals surface area (Å²) in [7, 11) is -3.61.